The van der Waals surface area contributed by atoms with E-state index in [1.165, 1.54) is 0 Å². The molecule has 23 heavy (non-hydrogen) atoms. The number of hydrogen-bond donors (Lipinski definition) is 0. The molecule has 0 saturated carbocycles. The van der Waals surface area contributed by atoms with Crippen molar-refractivity contribution in [3.05, 3.63) is 0 Å². The van der Waals surface area contributed by atoms with Crippen molar-refractivity contribution in [2.24, 2.45) is 11.8 Å². The molecule has 0 aromatic heterocycles. The molecule has 0 bridgehead atoms. The van der Waals surface area contributed by atoms with Crippen LogP contribution in [0.1, 0.15) is 6.42 Å². The molecule has 1 saturated heterocycles. The van der Waals surface area contributed by atoms with Gasteiger partial charge in [-0.2, -0.15) is 44.8 Å². The zero-order chi connectivity index (χ0) is 18.3. The summed E-state index contributed by atoms with van der Waals surface area (Å²) in [6, 6.07) is 0. The minimum absolute atomic E-state index is 0.0403. The summed E-state index contributed by atoms with van der Waals surface area (Å²) in [5.41, 5.74) is 0. The predicted octanol–water partition coefficient (Wildman–Crippen LogP) is 4.31. The van der Waals surface area contributed by atoms with Gasteiger partial charge in [0.05, 0.1) is 0 Å². The molecule has 0 aromatic carbocycles. The maximum atomic E-state index is 13.6. The summed E-state index contributed by atoms with van der Waals surface area (Å²) >= 11 is 1.74. The smallest absolute Gasteiger partial charge is 0.310 e. The second kappa shape index (κ2) is 6.36. The van der Waals surface area contributed by atoms with Crippen molar-refractivity contribution in [2.45, 2.75) is 30.4 Å². The Morgan fingerprint density at radius 2 is 1.39 bits per heavy atom. The molecule has 0 spiro atoms. The number of likely N-dealkylation sites (tertiary alicyclic amines) is 1. The third-order valence-corrected chi connectivity index (χ3v) is 4.78. The number of halogens is 10. The van der Waals surface area contributed by atoms with Crippen LogP contribution in [0, 0.1) is 23.3 Å². The quantitative estimate of drug-likeness (QED) is 0.261. The number of alkyl halides is 10. The van der Waals surface area contributed by atoms with Gasteiger partial charge in [0.15, 0.2) is 6.19 Å². The molecule has 2 atom stereocenters. The van der Waals surface area contributed by atoms with Gasteiger partial charge in [0.2, 0.25) is 0 Å². The first-order chi connectivity index (χ1) is 10.2. The maximum Gasteiger partial charge on any atom is 0.460 e. The highest BCUT2D eigenvalue weighted by Gasteiger charge is 2.81. The van der Waals surface area contributed by atoms with Crippen LogP contribution in [0.15, 0.2) is 0 Å². The fraction of sp³-hybridized carbons (Fsp3) is 0.909. The van der Waals surface area contributed by atoms with Gasteiger partial charge in [-0.15, -0.1) is 0 Å². The van der Waals surface area contributed by atoms with Crippen LogP contribution in [0.25, 0.3) is 0 Å². The van der Waals surface area contributed by atoms with E-state index in [2.05, 4.69) is 0 Å². The van der Waals surface area contributed by atoms with Crippen molar-refractivity contribution in [2.75, 3.05) is 17.5 Å². The molecule has 2 nitrogen and oxygen atoms in total. The molecule has 1 aliphatic heterocycles. The van der Waals surface area contributed by atoms with E-state index in [4.69, 9.17) is 5.26 Å². The monoisotopic (exact) mass is 468 g/mol. The van der Waals surface area contributed by atoms with E-state index >= 15 is 0 Å². The summed E-state index contributed by atoms with van der Waals surface area (Å²) in [4.78, 5) is 0.976. The van der Waals surface area contributed by atoms with E-state index < -0.39 is 48.7 Å². The molecule has 0 unspecified atom stereocenters. The van der Waals surface area contributed by atoms with E-state index in [9.17, 15) is 39.5 Å². The van der Waals surface area contributed by atoms with Crippen LogP contribution in [0.3, 0.4) is 0 Å². The molecule has 134 valence electrons. The van der Waals surface area contributed by atoms with Crippen molar-refractivity contribution < 1.29 is 39.5 Å². The minimum atomic E-state index is -6.86. The number of nitriles is 1. The lowest BCUT2D eigenvalue weighted by molar-refractivity contribution is -0.397. The minimum Gasteiger partial charge on any atom is -0.310 e. The van der Waals surface area contributed by atoms with Gasteiger partial charge >= 0.3 is 23.9 Å². The van der Waals surface area contributed by atoms with Crippen molar-refractivity contribution >= 4 is 22.6 Å². The summed E-state index contributed by atoms with van der Waals surface area (Å²) < 4.78 is 115. The van der Waals surface area contributed by atoms with Crippen LogP contribution in [0.5, 0.6) is 0 Å². The number of hydrogen-bond acceptors (Lipinski definition) is 2. The van der Waals surface area contributed by atoms with E-state index in [-0.39, 0.29) is 11.0 Å². The molecule has 12 heteroatoms. The molecule has 1 fully saturated rings. The molecule has 0 N–H and O–H groups in total. The Morgan fingerprint density at radius 1 is 0.913 bits per heavy atom. The second-order valence-electron chi connectivity index (χ2n) is 5.23. The largest absolute Gasteiger partial charge is 0.460 e. The van der Waals surface area contributed by atoms with Crippen molar-refractivity contribution in [1.82, 2.24) is 4.90 Å². The Labute approximate surface area is 138 Å². The predicted molar refractivity (Wildman–Crippen MR) is 68.6 cm³/mol. The van der Waals surface area contributed by atoms with Crippen LogP contribution < -0.4 is 0 Å². The lowest BCUT2D eigenvalue weighted by Gasteiger charge is -2.35. The Balaban J connectivity index is 3.04. The normalized spacial score (nSPS) is 24.0. The first-order valence-electron chi connectivity index (χ1n) is 6.12. The van der Waals surface area contributed by atoms with Gasteiger partial charge in [-0.3, -0.25) is 0 Å². The summed E-state index contributed by atoms with van der Waals surface area (Å²) in [5.74, 6) is -21.0. The Hall–Kier alpha value is -0.610. The van der Waals surface area contributed by atoms with Crippen molar-refractivity contribution in [1.29, 1.82) is 5.26 Å². The van der Waals surface area contributed by atoms with Crippen LogP contribution in [0.4, 0.5) is 39.5 Å². The Bertz CT molecular complexity index is 471. The molecular formula is C11H10F9IN2. The lowest BCUT2D eigenvalue weighted by Crippen LogP contribution is -2.61. The summed E-state index contributed by atoms with van der Waals surface area (Å²) in [6.07, 6.45) is -7.07. The summed E-state index contributed by atoms with van der Waals surface area (Å²) in [6.45, 7) is -0.436. The van der Waals surface area contributed by atoms with Crippen LogP contribution in [-0.4, -0.2) is 46.4 Å². The first kappa shape index (κ1) is 20.4. The molecule has 0 aliphatic carbocycles. The fourth-order valence-corrected chi connectivity index (χ4v) is 3.29. The summed E-state index contributed by atoms with van der Waals surface area (Å²) in [5, 5.41) is 8.66. The number of rotatable bonds is 5. The second-order valence-corrected chi connectivity index (χ2v) is 6.12. The topological polar surface area (TPSA) is 27.0 Å². The SMILES string of the molecule is N#CN1C[C@@H](CI)[C@@H](CC(F)(F)C(F)(F)C(F)(F)C(F)(F)F)C1. The summed E-state index contributed by atoms with van der Waals surface area (Å²) in [7, 11) is 0. The van der Waals surface area contributed by atoms with E-state index in [1.807, 2.05) is 0 Å². The highest BCUT2D eigenvalue weighted by molar-refractivity contribution is 14.1. The highest BCUT2D eigenvalue weighted by Crippen LogP contribution is 2.55. The molecule has 0 amide bonds. The van der Waals surface area contributed by atoms with E-state index in [0.29, 0.717) is 0 Å². The Morgan fingerprint density at radius 3 is 1.78 bits per heavy atom. The van der Waals surface area contributed by atoms with Crippen LogP contribution >= 0.6 is 22.6 Å². The van der Waals surface area contributed by atoms with Gasteiger partial charge in [0.1, 0.15) is 0 Å². The maximum absolute atomic E-state index is 13.6. The van der Waals surface area contributed by atoms with Gasteiger partial charge in [0, 0.05) is 23.9 Å². The average molecular weight is 468 g/mol. The standard InChI is InChI=1S/C11H10F9IN2/c12-8(13,9(14,15)10(16,17)11(18,19)20)1-6-3-23(5-22)4-7(6)2-21/h6-7H,1-4H2/t6-,7+/m0/s1. The van der Waals surface area contributed by atoms with E-state index in [1.54, 1.807) is 28.8 Å². The van der Waals surface area contributed by atoms with Gasteiger partial charge < -0.3 is 4.90 Å². The number of nitrogens with zero attached hydrogens (tertiary/aromatic N) is 2. The highest BCUT2D eigenvalue weighted by atomic mass is 127. The zero-order valence-corrected chi connectivity index (χ0v) is 13.3. The molecule has 1 heterocycles. The van der Waals surface area contributed by atoms with Crippen molar-refractivity contribution in [3.8, 4) is 6.19 Å². The van der Waals surface area contributed by atoms with Gasteiger partial charge in [-0.05, 0) is 11.8 Å². The zero-order valence-electron chi connectivity index (χ0n) is 11.2. The van der Waals surface area contributed by atoms with Crippen LogP contribution in [-0.2, 0) is 0 Å². The molecule has 1 rings (SSSR count). The van der Waals surface area contributed by atoms with Gasteiger partial charge in [0.25, 0.3) is 0 Å². The fourth-order valence-electron chi connectivity index (χ4n) is 2.29. The third kappa shape index (κ3) is 3.58. The van der Waals surface area contributed by atoms with Crippen LogP contribution in [0.2, 0.25) is 0 Å². The molecule has 1 aliphatic rings. The van der Waals surface area contributed by atoms with E-state index in [0.717, 1.165) is 4.90 Å². The molecular weight excluding hydrogens is 458 g/mol. The molecule has 0 radical (unpaired) electrons. The molecule has 0 aromatic rings. The first-order valence-corrected chi connectivity index (χ1v) is 7.64. The average Bonchev–Trinajstić information content (AvgIpc) is 2.78. The Kier molecular flexibility index (Phi) is 5.65. The van der Waals surface area contributed by atoms with Gasteiger partial charge in [-0.25, -0.2) is 0 Å². The van der Waals surface area contributed by atoms with Gasteiger partial charge in [-0.1, -0.05) is 22.6 Å². The lowest BCUT2D eigenvalue weighted by atomic mass is 9.88. The third-order valence-electron chi connectivity index (χ3n) is 3.64. The van der Waals surface area contributed by atoms with Crippen molar-refractivity contribution in [3.63, 3.8) is 0 Å².